The van der Waals surface area contributed by atoms with E-state index in [9.17, 15) is 2.74 Å². The topological polar surface area (TPSA) is 6.48 Å². The molecule has 0 N–H and O–H groups in total. The van der Waals surface area contributed by atoms with Gasteiger partial charge in [-0.25, -0.2) is 0 Å². The summed E-state index contributed by atoms with van der Waals surface area (Å²) in [6.45, 7) is 27.8. The summed E-state index contributed by atoms with van der Waals surface area (Å²) < 4.78 is 44.3. The quantitative estimate of drug-likeness (QED) is 0.165. The molecule has 0 aromatic heterocycles. The molecule has 3 heterocycles. The lowest BCUT2D eigenvalue weighted by Gasteiger charge is -2.53. The van der Waals surface area contributed by atoms with E-state index in [0.717, 1.165) is 41.0 Å². The van der Waals surface area contributed by atoms with Crippen LogP contribution < -0.4 is 26.2 Å². The Morgan fingerprint density at radius 2 is 1.18 bits per heavy atom. The van der Waals surface area contributed by atoms with E-state index in [-0.39, 0.29) is 63.6 Å². The maximum absolute atomic E-state index is 9.20. The highest BCUT2D eigenvalue weighted by Crippen LogP contribution is 2.62. The van der Waals surface area contributed by atoms with Gasteiger partial charge in [-0.1, -0.05) is 161 Å². The zero-order valence-electron chi connectivity index (χ0n) is 42.9. The highest BCUT2D eigenvalue weighted by atomic mass is 15.3. The average Bonchev–Trinajstić information content (AvgIpc) is 3.45. The number of fused-ring (bicyclic) bond motifs is 7. The lowest BCUT2D eigenvalue weighted by atomic mass is 9.33. The van der Waals surface area contributed by atoms with Gasteiger partial charge in [-0.3, -0.25) is 0 Å². The Labute approximate surface area is 368 Å². The Bertz CT molecular complexity index is 2980. The predicted molar refractivity (Wildman–Crippen MR) is 260 cm³/mol. The fourth-order valence-corrected chi connectivity index (χ4v) is 11.3. The molecule has 6 aromatic carbocycles. The normalized spacial score (nSPS) is 21.6. The first-order valence-electron chi connectivity index (χ1n) is 24.8. The number of anilines is 5. The molecule has 304 valence electrons. The number of rotatable bonds is 3. The van der Waals surface area contributed by atoms with Crippen LogP contribution in [-0.4, -0.2) is 12.3 Å². The number of hydrogen-bond donors (Lipinski definition) is 0. The first-order valence-corrected chi connectivity index (χ1v) is 22.3. The van der Waals surface area contributed by atoms with Crippen LogP contribution in [0.25, 0.3) is 22.3 Å². The second kappa shape index (κ2) is 13.0. The second-order valence-corrected chi connectivity index (χ2v) is 22.0. The fourth-order valence-electron chi connectivity index (χ4n) is 11.3. The van der Waals surface area contributed by atoms with E-state index in [2.05, 4.69) is 172 Å². The van der Waals surface area contributed by atoms with Crippen molar-refractivity contribution in [3.8, 4) is 22.3 Å². The Hall–Kier alpha value is -5.02. The molecule has 6 aromatic rings. The van der Waals surface area contributed by atoms with Crippen molar-refractivity contribution >= 4 is 51.5 Å². The molecule has 2 unspecified atom stereocenters. The van der Waals surface area contributed by atoms with Crippen LogP contribution in [0.4, 0.5) is 28.4 Å². The molecule has 0 amide bonds. The molecule has 0 radical (unpaired) electrons. The summed E-state index contributed by atoms with van der Waals surface area (Å²) in [7, 11) is 0. The zero-order valence-corrected chi connectivity index (χ0v) is 37.9. The average molecular weight is 792 g/mol. The second-order valence-electron chi connectivity index (χ2n) is 22.0. The molecular weight excluding hydrogens is 723 g/mol. The maximum atomic E-state index is 9.20. The molecule has 2 nitrogen and oxygen atoms in total. The molecule has 1 aliphatic carbocycles. The monoisotopic (exact) mass is 792 g/mol. The summed E-state index contributed by atoms with van der Waals surface area (Å²) in [5.41, 5.74) is 18.6. The minimum Gasteiger partial charge on any atom is -0.335 e. The van der Waals surface area contributed by atoms with Gasteiger partial charge in [0.2, 0.25) is 0 Å². The summed E-state index contributed by atoms with van der Waals surface area (Å²) in [4.78, 5) is 5.22. The largest absolute Gasteiger partial charge is 0.335 e. The first kappa shape index (κ1) is 33.7. The van der Waals surface area contributed by atoms with Crippen molar-refractivity contribution in [2.24, 2.45) is 0 Å². The summed E-state index contributed by atoms with van der Waals surface area (Å²) >= 11 is 0. The third-order valence-corrected chi connectivity index (χ3v) is 15.0. The molecule has 10 rings (SSSR count). The van der Waals surface area contributed by atoms with E-state index in [1.165, 1.54) is 68.4 Å². The molecule has 60 heavy (non-hydrogen) atoms. The SMILES string of the molecule is [2H]c1c([2H])c([2H])c(-c2cc(-c3ccc(C(C)(C)C)cc3)cc(N3c4cc(C(C)(C)C)ccc4B4c5cc(C(C)(C)C)cc6c5N(c5cc(C)cc3c54)C3(C)CCCCC63C)c2)c([2H])c1[2H]. The van der Waals surface area contributed by atoms with E-state index in [0.29, 0.717) is 5.56 Å². The Balaban J connectivity index is 1.32. The van der Waals surface area contributed by atoms with E-state index < -0.39 is 6.04 Å². The third kappa shape index (κ3) is 5.74. The van der Waals surface area contributed by atoms with Crippen molar-refractivity contribution in [3.05, 3.63) is 143 Å². The van der Waals surface area contributed by atoms with Gasteiger partial charge < -0.3 is 9.80 Å². The Morgan fingerprint density at radius 3 is 1.85 bits per heavy atom. The van der Waals surface area contributed by atoms with Crippen molar-refractivity contribution in [1.29, 1.82) is 0 Å². The number of aryl methyl sites for hydroxylation is 1. The van der Waals surface area contributed by atoms with Crippen LogP contribution in [0.2, 0.25) is 0 Å². The summed E-state index contributed by atoms with van der Waals surface area (Å²) in [6, 6.07) is 30.6. The smallest absolute Gasteiger partial charge is 0.252 e. The van der Waals surface area contributed by atoms with Crippen LogP contribution in [0.15, 0.2) is 115 Å². The van der Waals surface area contributed by atoms with Gasteiger partial charge in [0.15, 0.2) is 0 Å². The maximum Gasteiger partial charge on any atom is 0.252 e. The van der Waals surface area contributed by atoms with Crippen molar-refractivity contribution in [1.82, 2.24) is 0 Å². The lowest BCUT2D eigenvalue weighted by molar-refractivity contribution is 0.195. The van der Waals surface area contributed by atoms with Gasteiger partial charge >= 0.3 is 0 Å². The predicted octanol–water partition coefficient (Wildman–Crippen LogP) is 13.6. The number of benzene rings is 6. The van der Waals surface area contributed by atoms with Gasteiger partial charge in [0, 0.05) is 33.9 Å². The van der Waals surface area contributed by atoms with Gasteiger partial charge in [-0.15, -0.1) is 0 Å². The van der Waals surface area contributed by atoms with E-state index in [4.69, 9.17) is 4.11 Å². The number of nitrogens with zero attached hydrogens (tertiary/aromatic N) is 2. The summed E-state index contributed by atoms with van der Waals surface area (Å²) in [5, 5.41) is 0. The van der Waals surface area contributed by atoms with E-state index >= 15 is 0 Å². The van der Waals surface area contributed by atoms with Crippen molar-refractivity contribution in [3.63, 3.8) is 0 Å². The zero-order chi connectivity index (χ0) is 46.7. The van der Waals surface area contributed by atoms with E-state index in [1.54, 1.807) is 0 Å². The third-order valence-electron chi connectivity index (χ3n) is 15.0. The fraction of sp³-hybridized carbons (Fsp3) is 0.368. The molecular formula is C57H63BN2. The van der Waals surface area contributed by atoms with Crippen LogP contribution in [0.3, 0.4) is 0 Å². The minimum absolute atomic E-state index is 0.0193. The molecule has 0 saturated heterocycles. The molecule has 0 bridgehead atoms. The lowest BCUT2D eigenvalue weighted by Crippen LogP contribution is -2.64. The Morgan fingerprint density at radius 1 is 0.567 bits per heavy atom. The highest BCUT2D eigenvalue weighted by Gasteiger charge is 2.61. The van der Waals surface area contributed by atoms with Crippen LogP contribution in [0.5, 0.6) is 0 Å². The molecule has 3 aliphatic heterocycles. The molecule has 0 spiro atoms. The van der Waals surface area contributed by atoms with Gasteiger partial charge in [-0.2, -0.15) is 0 Å². The molecule has 2 atom stereocenters. The van der Waals surface area contributed by atoms with Gasteiger partial charge in [0.25, 0.3) is 6.71 Å². The molecule has 1 fully saturated rings. The van der Waals surface area contributed by atoms with Crippen LogP contribution in [-0.2, 0) is 21.7 Å². The van der Waals surface area contributed by atoms with Crippen LogP contribution in [0, 0.1) is 6.92 Å². The van der Waals surface area contributed by atoms with Crippen LogP contribution in [0.1, 0.15) is 137 Å². The highest BCUT2D eigenvalue weighted by molar-refractivity contribution is 7.00. The Kier molecular flexibility index (Phi) is 7.29. The summed E-state index contributed by atoms with van der Waals surface area (Å²) in [5.74, 6) is 0. The van der Waals surface area contributed by atoms with E-state index in [1.807, 2.05) is 6.07 Å². The first-order chi connectivity index (χ1) is 30.3. The molecule has 1 saturated carbocycles. The van der Waals surface area contributed by atoms with Crippen LogP contribution >= 0.6 is 0 Å². The van der Waals surface area contributed by atoms with Crippen molar-refractivity contribution < 1.29 is 6.85 Å². The molecule has 3 heteroatoms. The minimum atomic E-state index is -0.391. The van der Waals surface area contributed by atoms with Crippen molar-refractivity contribution in [2.45, 2.75) is 136 Å². The van der Waals surface area contributed by atoms with Gasteiger partial charge in [0.1, 0.15) is 0 Å². The van der Waals surface area contributed by atoms with Gasteiger partial charge in [0.05, 0.1) is 12.4 Å². The van der Waals surface area contributed by atoms with Crippen molar-refractivity contribution in [2.75, 3.05) is 9.80 Å². The summed E-state index contributed by atoms with van der Waals surface area (Å²) in [6.07, 6.45) is 4.69. The number of hydrogen-bond acceptors (Lipinski definition) is 2. The standard InChI is InChI=1S/C57H63BN2/c1-36-28-49-51-50(29-36)60-52-45(56(11)26-16-17-27-57(56,60)12)33-43(55(8,9)10)34-47(52)58(51)46-25-24-42(54(5,6)7)35-48(46)59(49)44-31-39(37-18-14-13-15-19-37)30-40(32-44)38-20-22-41(23-21-38)53(2,3)4/h13-15,18-25,28-35H,16-17,26-27H2,1-12H3/i13D,14D,15D,18D,19D. The van der Waals surface area contributed by atoms with Gasteiger partial charge in [-0.05, 0) is 146 Å². The molecule has 4 aliphatic rings.